The van der Waals surface area contributed by atoms with Crippen LogP contribution in [0.3, 0.4) is 0 Å². The second kappa shape index (κ2) is 10.4. The first-order valence-electron chi connectivity index (χ1n) is 13.7. The predicted octanol–water partition coefficient (Wildman–Crippen LogP) is 7.33. The summed E-state index contributed by atoms with van der Waals surface area (Å²) in [5, 5.41) is 0. The summed E-state index contributed by atoms with van der Waals surface area (Å²) >= 11 is 0. The van der Waals surface area contributed by atoms with Crippen molar-refractivity contribution in [3.63, 3.8) is 0 Å². The van der Waals surface area contributed by atoms with Gasteiger partial charge in [-0.25, -0.2) is 4.79 Å². The average molecular weight is 548 g/mol. The molecule has 0 bridgehead atoms. The van der Waals surface area contributed by atoms with Crippen molar-refractivity contribution in [2.45, 2.75) is 5.79 Å². The number of para-hydroxylation sites is 1. The topological polar surface area (TPSA) is 55.8 Å². The van der Waals surface area contributed by atoms with E-state index in [0.717, 1.165) is 28.0 Å². The van der Waals surface area contributed by atoms with Crippen LogP contribution in [0.25, 0.3) is 11.3 Å². The molecule has 0 saturated carbocycles. The molecule has 5 nitrogen and oxygen atoms in total. The third-order valence-electron chi connectivity index (χ3n) is 7.44. The number of benzene rings is 5. The summed E-state index contributed by atoms with van der Waals surface area (Å²) < 4.78 is 13.0. The first-order valence-corrected chi connectivity index (χ1v) is 13.7. The number of hydrogen-bond acceptors (Lipinski definition) is 5. The molecule has 1 fully saturated rings. The SMILES string of the molecule is O=C1OC2(c3ccccc3)OC(=C(c3ccccc3)c3ccccc3)N(c3ccccc3)C(c3ccccc3)=C2C1=O. The van der Waals surface area contributed by atoms with E-state index >= 15 is 0 Å². The monoisotopic (exact) mass is 547 g/mol. The second-order valence-electron chi connectivity index (χ2n) is 9.98. The summed E-state index contributed by atoms with van der Waals surface area (Å²) in [5.74, 6) is -3.07. The van der Waals surface area contributed by atoms with E-state index in [1.54, 1.807) is 0 Å². The van der Waals surface area contributed by atoms with Crippen molar-refractivity contribution in [1.29, 1.82) is 0 Å². The van der Waals surface area contributed by atoms with Crippen LogP contribution in [0.2, 0.25) is 0 Å². The molecule has 7 rings (SSSR count). The Morgan fingerprint density at radius 3 is 1.57 bits per heavy atom. The Labute approximate surface area is 243 Å². The number of Topliss-reactive ketones (excluding diaryl/α,β-unsaturated/α-hetero) is 1. The number of carbonyl (C=O) groups excluding carboxylic acids is 2. The number of anilines is 1. The zero-order valence-corrected chi connectivity index (χ0v) is 22.5. The average Bonchev–Trinajstić information content (AvgIpc) is 3.32. The van der Waals surface area contributed by atoms with E-state index in [-0.39, 0.29) is 5.57 Å². The first kappa shape index (κ1) is 25.3. The minimum atomic E-state index is -1.80. The number of hydrogen-bond donors (Lipinski definition) is 0. The Hall–Kier alpha value is -5.68. The molecule has 202 valence electrons. The van der Waals surface area contributed by atoms with Crippen molar-refractivity contribution in [1.82, 2.24) is 0 Å². The number of esters is 1. The maximum absolute atomic E-state index is 13.8. The van der Waals surface area contributed by atoms with Crippen molar-refractivity contribution in [3.8, 4) is 0 Å². The number of rotatable bonds is 5. The Kier molecular flexibility index (Phi) is 6.25. The highest BCUT2D eigenvalue weighted by Gasteiger charge is 2.61. The largest absolute Gasteiger partial charge is 0.427 e. The molecule has 5 aromatic carbocycles. The van der Waals surface area contributed by atoms with Gasteiger partial charge in [-0.2, -0.15) is 0 Å². The molecule has 0 radical (unpaired) electrons. The van der Waals surface area contributed by atoms with Crippen molar-refractivity contribution in [3.05, 3.63) is 185 Å². The normalized spacial score (nSPS) is 17.9. The van der Waals surface area contributed by atoms with Gasteiger partial charge in [0.15, 0.2) is 0 Å². The minimum absolute atomic E-state index is 0.137. The molecular formula is C37H25NO4. The third-order valence-corrected chi connectivity index (χ3v) is 7.44. The molecule has 0 N–H and O–H groups in total. The molecule has 0 spiro atoms. The van der Waals surface area contributed by atoms with Crippen LogP contribution in [-0.2, 0) is 24.8 Å². The number of ether oxygens (including phenoxy) is 2. The fourth-order valence-electron chi connectivity index (χ4n) is 5.61. The minimum Gasteiger partial charge on any atom is -0.427 e. The van der Waals surface area contributed by atoms with E-state index in [9.17, 15) is 9.59 Å². The van der Waals surface area contributed by atoms with E-state index in [4.69, 9.17) is 9.47 Å². The van der Waals surface area contributed by atoms with Crippen LogP contribution in [0.15, 0.2) is 163 Å². The molecule has 1 saturated heterocycles. The van der Waals surface area contributed by atoms with E-state index in [2.05, 4.69) is 0 Å². The smallest absolute Gasteiger partial charge is 0.383 e. The number of fused-ring (bicyclic) bond motifs is 1. The molecule has 5 aromatic rings. The van der Waals surface area contributed by atoms with Gasteiger partial charge in [-0.1, -0.05) is 140 Å². The van der Waals surface area contributed by atoms with Gasteiger partial charge in [0.2, 0.25) is 5.88 Å². The molecular weight excluding hydrogens is 522 g/mol. The van der Waals surface area contributed by atoms with Crippen LogP contribution >= 0.6 is 0 Å². The van der Waals surface area contributed by atoms with E-state index < -0.39 is 17.5 Å². The molecule has 0 amide bonds. The molecule has 5 heteroatoms. The Balaban J connectivity index is 1.67. The van der Waals surface area contributed by atoms with Crippen LogP contribution in [-0.4, -0.2) is 11.8 Å². The Morgan fingerprint density at radius 1 is 0.548 bits per heavy atom. The fourth-order valence-corrected chi connectivity index (χ4v) is 5.61. The second-order valence-corrected chi connectivity index (χ2v) is 9.98. The number of ketones is 1. The van der Waals surface area contributed by atoms with Crippen LogP contribution in [0, 0.1) is 0 Å². The van der Waals surface area contributed by atoms with Gasteiger partial charge in [-0.05, 0) is 28.8 Å². The predicted molar refractivity (Wildman–Crippen MR) is 161 cm³/mol. The lowest BCUT2D eigenvalue weighted by Gasteiger charge is -2.43. The van der Waals surface area contributed by atoms with Crippen molar-refractivity contribution >= 4 is 28.7 Å². The van der Waals surface area contributed by atoms with Crippen molar-refractivity contribution in [2.75, 3.05) is 4.90 Å². The zero-order chi connectivity index (χ0) is 28.5. The van der Waals surface area contributed by atoms with Gasteiger partial charge in [0, 0.05) is 16.8 Å². The summed E-state index contributed by atoms with van der Waals surface area (Å²) in [6, 6.07) is 48.4. The molecule has 2 aliphatic rings. The Bertz CT molecular complexity index is 1790. The van der Waals surface area contributed by atoms with Crippen molar-refractivity contribution < 1.29 is 19.1 Å². The van der Waals surface area contributed by atoms with Crippen LogP contribution < -0.4 is 4.90 Å². The van der Waals surface area contributed by atoms with Gasteiger partial charge in [0.1, 0.15) is 5.57 Å². The van der Waals surface area contributed by atoms with Crippen LogP contribution in [0.4, 0.5) is 5.69 Å². The molecule has 2 aliphatic heterocycles. The third kappa shape index (κ3) is 4.11. The first-order chi connectivity index (χ1) is 20.7. The van der Waals surface area contributed by atoms with E-state index in [1.807, 2.05) is 157 Å². The zero-order valence-electron chi connectivity index (χ0n) is 22.5. The lowest BCUT2D eigenvalue weighted by Crippen LogP contribution is -2.43. The van der Waals surface area contributed by atoms with Crippen LogP contribution in [0.1, 0.15) is 22.3 Å². The van der Waals surface area contributed by atoms with Gasteiger partial charge in [-0.3, -0.25) is 9.69 Å². The molecule has 1 unspecified atom stereocenters. The molecule has 0 aromatic heterocycles. The van der Waals surface area contributed by atoms with E-state index in [0.29, 0.717) is 17.1 Å². The lowest BCUT2D eigenvalue weighted by atomic mass is 9.88. The van der Waals surface area contributed by atoms with Gasteiger partial charge in [0.25, 0.3) is 5.78 Å². The summed E-state index contributed by atoms with van der Waals surface area (Å²) in [6.07, 6.45) is 0. The molecule has 42 heavy (non-hydrogen) atoms. The van der Waals surface area contributed by atoms with Gasteiger partial charge in [-0.15, -0.1) is 0 Å². The highest BCUT2D eigenvalue weighted by Crippen LogP contribution is 2.54. The number of carbonyl (C=O) groups is 2. The maximum Gasteiger partial charge on any atom is 0.383 e. The quantitative estimate of drug-likeness (QED) is 0.170. The van der Waals surface area contributed by atoms with Crippen LogP contribution in [0.5, 0.6) is 0 Å². The summed E-state index contributed by atoms with van der Waals surface area (Å²) in [7, 11) is 0. The summed E-state index contributed by atoms with van der Waals surface area (Å²) in [6.45, 7) is 0. The van der Waals surface area contributed by atoms with Gasteiger partial charge >= 0.3 is 11.8 Å². The highest BCUT2D eigenvalue weighted by molar-refractivity contribution is 6.45. The lowest BCUT2D eigenvalue weighted by molar-refractivity contribution is -0.191. The maximum atomic E-state index is 13.8. The summed E-state index contributed by atoms with van der Waals surface area (Å²) in [4.78, 5) is 29.0. The summed E-state index contributed by atoms with van der Waals surface area (Å²) in [5.41, 5.74) is 5.27. The standard InChI is InChI=1S/C37H25NO4/c39-34-32-33(28-20-10-3-11-21-28)38(30-24-14-5-15-25-30)35(41-37(32,42-36(34)40)29-22-12-4-13-23-29)31(26-16-6-1-7-17-26)27-18-8-2-9-19-27/h1-25H. The van der Waals surface area contributed by atoms with Gasteiger partial charge in [0.05, 0.1) is 5.70 Å². The molecule has 2 heterocycles. The molecule has 0 aliphatic carbocycles. The van der Waals surface area contributed by atoms with E-state index in [1.165, 1.54) is 0 Å². The Morgan fingerprint density at radius 2 is 1.02 bits per heavy atom. The molecule has 1 atom stereocenters. The van der Waals surface area contributed by atoms with Crippen molar-refractivity contribution in [2.24, 2.45) is 0 Å². The fraction of sp³-hybridized carbons (Fsp3) is 0.0270. The highest BCUT2D eigenvalue weighted by atomic mass is 16.7. The number of nitrogens with zero attached hydrogens (tertiary/aromatic N) is 1. The van der Waals surface area contributed by atoms with Gasteiger partial charge < -0.3 is 9.47 Å².